The van der Waals surface area contributed by atoms with Gasteiger partial charge in [-0.15, -0.1) is 0 Å². The molecule has 2 aromatic carbocycles. The van der Waals surface area contributed by atoms with Crippen molar-refractivity contribution >= 4 is 17.7 Å². The second-order valence-corrected chi connectivity index (χ2v) is 5.36. The van der Waals surface area contributed by atoms with E-state index in [1.54, 1.807) is 55.7 Å². The number of carbonyl (C=O) groups is 1. The third-order valence-electron chi connectivity index (χ3n) is 3.57. The Balaban J connectivity index is 2.19. The third kappa shape index (κ3) is 5.38. The minimum absolute atomic E-state index is 0.0346. The van der Waals surface area contributed by atoms with Gasteiger partial charge in [-0.2, -0.15) is 5.26 Å². The lowest BCUT2D eigenvalue weighted by Crippen LogP contribution is -2.13. The lowest BCUT2D eigenvalue weighted by molar-refractivity contribution is -0.112. The Hall–Kier alpha value is -3.72. The molecule has 0 aliphatic heterocycles. The quantitative estimate of drug-likeness (QED) is 0.438. The fourth-order valence-electron chi connectivity index (χ4n) is 2.23. The lowest BCUT2D eigenvalue weighted by atomic mass is 10.1. The Morgan fingerprint density at radius 1 is 1.15 bits per heavy atom. The zero-order valence-electron chi connectivity index (χ0n) is 15.2. The van der Waals surface area contributed by atoms with Crippen molar-refractivity contribution in [2.75, 3.05) is 26.1 Å². The summed E-state index contributed by atoms with van der Waals surface area (Å²) in [6.45, 7) is 3.95. The molecule has 1 amide bonds. The van der Waals surface area contributed by atoms with Gasteiger partial charge in [0.1, 0.15) is 24.0 Å². The molecule has 0 aromatic heterocycles. The Morgan fingerprint density at radius 2 is 1.89 bits per heavy atom. The van der Waals surface area contributed by atoms with Gasteiger partial charge in [0, 0.05) is 5.69 Å². The highest BCUT2D eigenvalue weighted by Gasteiger charge is 2.11. The summed E-state index contributed by atoms with van der Waals surface area (Å²) >= 11 is 0. The largest absolute Gasteiger partial charge is 0.497 e. The summed E-state index contributed by atoms with van der Waals surface area (Å²) in [5, 5.41) is 12.0. The van der Waals surface area contributed by atoms with Crippen LogP contribution in [0.5, 0.6) is 17.2 Å². The van der Waals surface area contributed by atoms with Crippen LogP contribution in [-0.2, 0) is 4.79 Å². The molecule has 0 radical (unpaired) electrons. The topological polar surface area (TPSA) is 80.6 Å². The van der Waals surface area contributed by atoms with Crippen LogP contribution in [0.3, 0.4) is 0 Å². The fraction of sp³-hybridized carbons (Fsp3) is 0.143. The molecule has 0 bridgehead atoms. The maximum atomic E-state index is 12.4. The molecule has 6 nitrogen and oxygen atoms in total. The van der Waals surface area contributed by atoms with Crippen LogP contribution in [0.25, 0.3) is 6.08 Å². The second kappa shape index (κ2) is 9.68. The van der Waals surface area contributed by atoms with Crippen LogP contribution >= 0.6 is 0 Å². The average Bonchev–Trinajstić information content (AvgIpc) is 2.71. The van der Waals surface area contributed by atoms with Crippen LogP contribution in [0.1, 0.15) is 5.56 Å². The molecule has 1 N–H and O–H groups in total. The average molecular weight is 364 g/mol. The van der Waals surface area contributed by atoms with Gasteiger partial charge in [0.2, 0.25) is 0 Å². The second-order valence-electron chi connectivity index (χ2n) is 5.36. The van der Waals surface area contributed by atoms with E-state index in [0.29, 0.717) is 35.1 Å². The Labute approximate surface area is 158 Å². The smallest absolute Gasteiger partial charge is 0.266 e. The molecule has 0 atom stereocenters. The number of ether oxygens (including phenoxy) is 3. The molecule has 2 aromatic rings. The van der Waals surface area contributed by atoms with Gasteiger partial charge in [-0.1, -0.05) is 18.7 Å². The standard InChI is InChI=1S/C21H20N2O4/c1-4-11-27-19-10-5-15(13-20(19)26-3)12-16(14-22)21(24)23-17-6-8-18(25-2)9-7-17/h4-10,12-13H,1,11H2,2-3H3,(H,23,24)/b16-12+. The van der Waals surface area contributed by atoms with Crippen molar-refractivity contribution in [3.63, 3.8) is 0 Å². The number of methoxy groups -OCH3 is 2. The van der Waals surface area contributed by atoms with Gasteiger partial charge in [-0.05, 0) is 48.0 Å². The maximum Gasteiger partial charge on any atom is 0.266 e. The molecular formula is C21H20N2O4. The van der Waals surface area contributed by atoms with Crippen LogP contribution < -0.4 is 19.5 Å². The zero-order valence-corrected chi connectivity index (χ0v) is 15.2. The highest BCUT2D eigenvalue weighted by atomic mass is 16.5. The van der Waals surface area contributed by atoms with Crippen LogP contribution in [0.2, 0.25) is 0 Å². The number of hydrogen-bond donors (Lipinski definition) is 1. The number of amides is 1. The zero-order chi connectivity index (χ0) is 19.6. The molecule has 2 rings (SSSR count). The summed E-state index contributed by atoms with van der Waals surface area (Å²) in [7, 11) is 3.08. The van der Waals surface area contributed by atoms with E-state index < -0.39 is 5.91 Å². The molecule has 0 fully saturated rings. The van der Waals surface area contributed by atoms with E-state index in [1.807, 2.05) is 6.07 Å². The van der Waals surface area contributed by atoms with Crippen molar-refractivity contribution in [3.05, 3.63) is 66.3 Å². The summed E-state index contributed by atoms with van der Waals surface area (Å²) in [5.41, 5.74) is 1.17. The van der Waals surface area contributed by atoms with Gasteiger partial charge in [-0.3, -0.25) is 4.79 Å². The SMILES string of the molecule is C=CCOc1ccc(/C=C(\C#N)C(=O)Nc2ccc(OC)cc2)cc1OC. The molecular weight excluding hydrogens is 344 g/mol. The van der Waals surface area contributed by atoms with E-state index in [1.165, 1.54) is 13.2 Å². The first kappa shape index (κ1) is 19.6. The molecule has 0 saturated carbocycles. The minimum Gasteiger partial charge on any atom is -0.497 e. The van der Waals surface area contributed by atoms with Crippen molar-refractivity contribution in [2.24, 2.45) is 0 Å². The number of anilines is 1. The normalized spacial score (nSPS) is 10.5. The Kier molecular flexibility index (Phi) is 7.03. The lowest BCUT2D eigenvalue weighted by Gasteiger charge is -2.10. The first-order chi connectivity index (χ1) is 13.1. The van der Waals surface area contributed by atoms with Crippen molar-refractivity contribution in [3.8, 4) is 23.3 Å². The predicted octanol–water partition coefficient (Wildman–Crippen LogP) is 3.81. The number of rotatable bonds is 8. The van der Waals surface area contributed by atoms with E-state index in [9.17, 15) is 10.1 Å². The number of nitriles is 1. The fourth-order valence-corrected chi connectivity index (χ4v) is 2.23. The van der Waals surface area contributed by atoms with Gasteiger partial charge in [-0.25, -0.2) is 0 Å². The van der Waals surface area contributed by atoms with Crippen molar-refractivity contribution in [1.82, 2.24) is 0 Å². The number of carbonyl (C=O) groups excluding carboxylic acids is 1. The van der Waals surface area contributed by atoms with Crippen LogP contribution in [0.4, 0.5) is 5.69 Å². The summed E-state index contributed by atoms with van der Waals surface area (Å²) in [6.07, 6.45) is 3.11. The maximum absolute atomic E-state index is 12.4. The molecule has 6 heteroatoms. The predicted molar refractivity (Wildman–Crippen MR) is 104 cm³/mol. The molecule has 27 heavy (non-hydrogen) atoms. The molecule has 0 aliphatic rings. The van der Waals surface area contributed by atoms with E-state index in [2.05, 4.69) is 11.9 Å². The van der Waals surface area contributed by atoms with E-state index >= 15 is 0 Å². The molecule has 0 aliphatic carbocycles. The minimum atomic E-state index is -0.506. The van der Waals surface area contributed by atoms with Gasteiger partial charge in [0.15, 0.2) is 11.5 Å². The number of nitrogens with one attached hydrogen (secondary N) is 1. The van der Waals surface area contributed by atoms with E-state index in [4.69, 9.17) is 14.2 Å². The summed E-state index contributed by atoms with van der Waals surface area (Å²) < 4.78 is 15.9. The summed E-state index contributed by atoms with van der Waals surface area (Å²) in [4.78, 5) is 12.4. The number of benzene rings is 2. The molecule has 0 unspecified atom stereocenters. The van der Waals surface area contributed by atoms with Gasteiger partial charge in [0.05, 0.1) is 14.2 Å². The van der Waals surface area contributed by atoms with Gasteiger partial charge < -0.3 is 19.5 Å². The highest BCUT2D eigenvalue weighted by molar-refractivity contribution is 6.09. The third-order valence-corrected chi connectivity index (χ3v) is 3.57. The molecule has 0 heterocycles. The summed E-state index contributed by atoms with van der Waals surface area (Å²) in [5.74, 6) is 1.22. The molecule has 138 valence electrons. The van der Waals surface area contributed by atoms with Crippen molar-refractivity contribution < 1.29 is 19.0 Å². The van der Waals surface area contributed by atoms with Crippen LogP contribution in [0, 0.1) is 11.3 Å². The van der Waals surface area contributed by atoms with Crippen LogP contribution in [-0.4, -0.2) is 26.7 Å². The van der Waals surface area contributed by atoms with Crippen LogP contribution in [0.15, 0.2) is 60.7 Å². The first-order valence-corrected chi connectivity index (χ1v) is 8.10. The van der Waals surface area contributed by atoms with E-state index in [-0.39, 0.29) is 5.57 Å². The Morgan fingerprint density at radius 3 is 2.48 bits per heavy atom. The van der Waals surface area contributed by atoms with Crippen molar-refractivity contribution in [2.45, 2.75) is 0 Å². The molecule has 0 saturated heterocycles. The number of nitrogens with zero attached hydrogens (tertiary/aromatic N) is 1. The Bertz CT molecular complexity index is 880. The highest BCUT2D eigenvalue weighted by Crippen LogP contribution is 2.29. The van der Waals surface area contributed by atoms with Gasteiger partial charge in [0.25, 0.3) is 5.91 Å². The molecule has 0 spiro atoms. The van der Waals surface area contributed by atoms with E-state index in [0.717, 1.165) is 0 Å². The van der Waals surface area contributed by atoms with Crippen molar-refractivity contribution in [1.29, 1.82) is 5.26 Å². The monoisotopic (exact) mass is 364 g/mol. The summed E-state index contributed by atoms with van der Waals surface area (Å²) in [6, 6.07) is 13.9. The van der Waals surface area contributed by atoms with Gasteiger partial charge >= 0.3 is 0 Å². The first-order valence-electron chi connectivity index (χ1n) is 8.10. The number of hydrogen-bond acceptors (Lipinski definition) is 5.